The fourth-order valence-corrected chi connectivity index (χ4v) is 3.84. The van der Waals surface area contributed by atoms with E-state index in [-0.39, 0.29) is 12.5 Å². The quantitative estimate of drug-likeness (QED) is 0.591. The smallest absolute Gasteiger partial charge is 0.321 e. The number of benzene rings is 1. The molecule has 9 heteroatoms. The van der Waals surface area contributed by atoms with Gasteiger partial charge in [-0.1, -0.05) is 30.3 Å². The highest BCUT2D eigenvalue weighted by Gasteiger charge is 2.28. The number of carbonyl (C=O) groups is 2. The second kappa shape index (κ2) is 9.46. The monoisotopic (exact) mass is 381 g/mol. The Labute approximate surface area is 153 Å². The number of hydrogen-bond acceptors (Lipinski definition) is 4. The van der Waals surface area contributed by atoms with E-state index in [9.17, 15) is 18.0 Å². The van der Waals surface area contributed by atoms with E-state index >= 15 is 0 Å². The number of nitrogens with one attached hydrogen (secondary N) is 3. The van der Waals surface area contributed by atoms with Crippen molar-refractivity contribution < 1.29 is 22.9 Å². The predicted molar refractivity (Wildman–Crippen MR) is 98.7 cm³/mol. The Morgan fingerprint density at radius 3 is 2.46 bits per heavy atom. The number of imide groups is 1. The van der Waals surface area contributed by atoms with Crippen LogP contribution in [0, 0.1) is 0 Å². The number of piperazine rings is 1. The number of sulfonamides is 1. The Morgan fingerprint density at radius 1 is 1.19 bits per heavy atom. The van der Waals surface area contributed by atoms with Gasteiger partial charge in [-0.3, -0.25) is 10.1 Å². The molecule has 142 valence electrons. The lowest BCUT2D eigenvalue weighted by atomic mass is 10.2. The molecule has 0 aliphatic carbocycles. The zero-order valence-electron chi connectivity index (χ0n) is 14.8. The van der Waals surface area contributed by atoms with Gasteiger partial charge in [0, 0.05) is 12.0 Å². The molecule has 1 saturated heterocycles. The van der Waals surface area contributed by atoms with Gasteiger partial charge in [0.2, 0.25) is 10.0 Å². The van der Waals surface area contributed by atoms with Crippen molar-refractivity contribution in [2.45, 2.75) is 6.92 Å². The molecule has 0 bridgehead atoms. The summed E-state index contributed by atoms with van der Waals surface area (Å²) in [6.45, 7) is 4.06. The van der Waals surface area contributed by atoms with E-state index < -0.39 is 16.1 Å². The van der Waals surface area contributed by atoms with Gasteiger partial charge in [0.1, 0.15) is 0 Å². The van der Waals surface area contributed by atoms with Gasteiger partial charge in [-0.2, -0.15) is 4.31 Å². The van der Waals surface area contributed by atoms with Crippen LogP contribution in [-0.4, -0.2) is 63.9 Å². The molecular formula is C17H25N4O4S+. The van der Waals surface area contributed by atoms with Gasteiger partial charge in [0.05, 0.1) is 26.2 Å². The SMILES string of the molecule is CCNC(=O)NC(=O)C[NH+]1CCN(S(=O)(=O)/C=C/c2ccccc2)CC1. The van der Waals surface area contributed by atoms with Crippen LogP contribution in [0.1, 0.15) is 12.5 Å². The van der Waals surface area contributed by atoms with Crippen molar-refractivity contribution in [3.63, 3.8) is 0 Å². The minimum Gasteiger partial charge on any atom is -0.338 e. The average Bonchev–Trinajstić information content (AvgIpc) is 2.61. The Morgan fingerprint density at radius 2 is 1.85 bits per heavy atom. The first-order valence-corrected chi connectivity index (χ1v) is 10.1. The van der Waals surface area contributed by atoms with E-state index in [1.54, 1.807) is 13.0 Å². The molecule has 3 N–H and O–H groups in total. The minimum atomic E-state index is -3.48. The van der Waals surface area contributed by atoms with Crippen molar-refractivity contribution in [3.05, 3.63) is 41.3 Å². The molecular weight excluding hydrogens is 356 g/mol. The third-order valence-corrected chi connectivity index (χ3v) is 5.59. The van der Waals surface area contributed by atoms with Crippen LogP contribution in [0.25, 0.3) is 6.08 Å². The molecule has 1 aromatic carbocycles. The maximum absolute atomic E-state index is 12.4. The topological polar surface area (TPSA) is 100 Å². The molecule has 1 heterocycles. The molecule has 2 rings (SSSR count). The number of urea groups is 1. The van der Waals surface area contributed by atoms with Gasteiger partial charge in [0.15, 0.2) is 6.54 Å². The van der Waals surface area contributed by atoms with E-state index in [2.05, 4.69) is 10.6 Å². The summed E-state index contributed by atoms with van der Waals surface area (Å²) in [5.74, 6) is -0.369. The van der Waals surface area contributed by atoms with Gasteiger partial charge in [-0.05, 0) is 18.6 Å². The summed E-state index contributed by atoms with van der Waals surface area (Å²) in [5.41, 5.74) is 0.822. The first-order chi connectivity index (χ1) is 12.4. The maximum Gasteiger partial charge on any atom is 0.321 e. The number of amides is 3. The molecule has 1 aliphatic heterocycles. The summed E-state index contributed by atoms with van der Waals surface area (Å²) in [7, 11) is -3.48. The lowest BCUT2D eigenvalue weighted by Gasteiger charge is -2.30. The van der Waals surface area contributed by atoms with Crippen LogP contribution in [0.5, 0.6) is 0 Å². The summed E-state index contributed by atoms with van der Waals surface area (Å²) in [6.07, 6.45) is 1.58. The summed E-state index contributed by atoms with van der Waals surface area (Å²) in [4.78, 5) is 24.1. The van der Waals surface area contributed by atoms with Crippen LogP contribution in [0.3, 0.4) is 0 Å². The summed E-state index contributed by atoms with van der Waals surface area (Å²) in [5, 5.41) is 5.97. The van der Waals surface area contributed by atoms with Crippen LogP contribution < -0.4 is 15.5 Å². The van der Waals surface area contributed by atoms with Crippen molar-refractivity contribution in [2.75, 3.05) is 39.3 Å². The molecule has 8 nitrogen and oxygen atoms in total. The molecule has 26 heavy (non-hydrogen) atoms. The van der Waals surface area contributed by atoms with Crippen molar-refractivity contribution in [1.29, 1.82) is 0 Å². The third kappa shape index (κ3) is 6.25. The van der Waals surface area contributed by atoms with E-state index in [0.29, 0.717) is 32.7 Å². The third-order valence-electron chi connectivity index (χ3n) is 4.02. The van der Waals surface area contributed by atoms with Crippen molar-refractivity contribution in [2.24, 2.45) is 0 Å². The number of nitrogens with zero attached hydrogens (tertiary/aromatic N) is 1. The number of carbonyl (C=O) groups excluding carboxylic acids is 2. The molecule has 0 atom stereocenters. The second-order valence-electron chi connectivity index (χ2n) is 5.99. The highest BCUT2D eigenvalue weighted by Crippen LogP contribution is 2.08. The van der Waals surface area contributed by atoms with E-state index in [4.69, 9.17) is 0 Å². The lowest BCUT2D eigenvalue weighted by molar-refractivity contribution is -0.895. The van der Waals surface area contributed by atoms with Crippen LogP contribution in [0.2, 0.25) is 0 Å². The Balaban J connectivity index is 1.82. The second-order valence-corrected chi connectivity index (χ2v) is 7.81. The highest BCUT2D eigenvalue weighted by molar-refractivity contribution is 7.92. The highest BCUT2D eigenvalue weighted by atomic mass is 32.2. The Hall–Kier alpha value is -2.23. The van der Waals surface area contributed by atoms with Crippen LogP contribution in [0.15, 0.2) is 35.7 Å². The zero-order chi connectivity index (χ0) is 19.0. The van der Waals surface area contributed by atoms with Gasteiger partial charge in [-0.25, -0.2) is 13.2 Å². The molecule has 0 aromatic heterocycles. The van der Waals surface area contributed by atoms with Crippen LogP contribution in [-0.2, 0) is 14.8 Å². The molecule has 0 radical (unpaired) electrons. The molecule has 0 saturated carbocycles. The number of rotatable bonds is 6. The summed E-state index contributed by atoms with van der Waals surface area (Å²) < 4.78 is 26.2. The van der Waals surface area contributed by atoms with Gasteiger partial charge >= 0.3 is 6.03 Å². The summed E-state index contributed by atoms with van der Waals surface area (Å²) in [6, 6.07) is 8.73. The van der Waals surface area contributed by atoms with Crippen molar-refractivity contribution in [3.8, 4) is 0 Å². The fourth-order valence-electron chi connectivity index (χ4n) is 2.65. The molecule has 1 fully saturated rings. The largest absolute Gasteiger partial charge is 0.338 e. The average molecular weight is 381 g/mol. The molecule has 0 spiro atoms. The van der Waals surface area contributed by atoms with Crippen molar-refractivity contribution >= 4 is 28.0 Å². The normalized spacial score (nSPS) is 16.5. The van der Waals surface area contributed by atoms with Gasteiger partial charge in [-0.15, -0.1) is 0 Å². The van der Waals surface area contributed by atoms with Gasteiger partial charge < -0.3 is 10.2 Å². The lowest BCUT2D eigenvalue weighted by Crippen LogP contribution is -3.15. The zero-order valence-corrected chi connectivity index (χ0v) is 15.6. The fraction of sp³-hybridized carbons (Fsp3) is 0.412. The molecule has 3 amide bonds. The Kier molecular flexibility index (Phi) is 7.31. The van der Waals surface area contributed by atoms with E-state index in [1.807, 2.05) is 30.3 Å². The van der Waals surface area contributed by atoms with E-state index in [0.717, 1.165) is 10.5 Å². The number of quaternary nitrogens is 1. The Bertz CT molecular complexity index is 741. The first kappa shape index (κ1) is 20.1. The minimum absolute atomic E-state index is 0.144. The summed E-state index contributed by atoms with van der Waals surface area (Å²) >= 11 is 0. The molecule has 1 aromatic rings. The number of hydrogen-bond donors (Lipinski definition) is 3. The standard InChI is InChI=1S/C17H24N4O4S/c1-2-18-17(23)19-16(22)14-20-9-11-21(12-10-20)26(24,25)13-8-15-6-4-3-5-7-15/h3-8,13H,2,9-12,14H2,1H3,(H2,18,19,22,23)/p+1/b13-8+. The maximum atomic E-state index is 12.4. The van der Waals surface area contributed by atoms with E-state index in [1.165, 1.54) is 9.71 Å². The molecule has 1 aliphatic rings. The molecule has 0 unspecified atom stereocenters. The van der Waals surface area contributed by atoms with Crippen molar-refractivity contribution in [1.82, 2.24) is 14.9 Å². The van der Waals surface area contributed by atoms with Gasteiger partial charge in [0.25, 0.3) is 5.91 Å². The van der Waals surface area contributed by atoms with Crippen LogP contribution in [0.4, 0.5) is 4.79 Å². The first-order valence-electron chi connectivity index (χ1n) is 8.55. The predicted octanol–water partition coefficient (Wildman–Crippen LogP) is -0.967. The van der Waals surface area contributed by atoms with Crippen LogP contribution >= 0.6 is 0 Å².